The molecule has 0 aliphatic carbocycles. The molecule has 1 N–H and O–H groups in total. The maximum absolute atomic E-state index is 11.6. The first-order valence-corrected chi connectivity index (χ1v) is 16.6. The van der Waals surface area contributed by atoms with E-state index in [2.05, 4.69) is 11.8 Å². The summed E-state index contributed by atoms with van der Waals surface area (Å²) in [5, 5.41) is 0. The van der Waals surface area contributed by atoms with Gasteiger partial charge in [0.15, 0.2) is 0 Å². The summed E-state index contributed by atoms with van der Waals surface area (Å²) in [6.45, 7) is 6.87. The molecule has 0 aliphatic heterocycles. The minimum absolute atomic E-state index is 0.0342. The van der Waals surface area contributed by atoms with Gasteiger partial charge in [-0.1, -0.05) is 103 Å². The van der Waals surface area contributed by atoms with Gasteiger partial charge in [-0.25, -0.2) is 0 Å². The Hall–Kier alpha value is -0.100. The normalized spacial score (nSPS) is 13.4. The smallest absolute Gasteiger partial charge is 0.329 e. The van der Waals surface area contributed by atoms with E-state index in [-0.39, 0.29) is 11.7 Å². The van der Waals surface area contributed by atoms with Crippen LogP contribution in [0.25, 0.3) is 0 Å². The Morgan fingerprint density at radius 3 is 1.68 bits per heavy atom. The zero-order chi connectivity index (χ0) is 27.4. The Kier molecular flexibility index (Phi) is 28.8. The molecule has 0 spiro atoms. The fraction of sp³-hybridized carbons (Fsp3) is 0.967. The minimum Gasteiger partial charge on any atom is -0.381 e. The van der Waals surface area contributed by atoms with E-state index in [1.807, 2.05) is 14.1 Å². The van der Waals surface area contributed by atoms with E-state index >= 15 is 0 Å². The van der Waals surface area contributed by atoms with Crippen molar-refractivity contribution in [3.05, 3.63) is 0 Å². The topological polar surface area (TPSA) is 68.2 Å². The van der Waals surface area contributed by atoms with Crippen LogP contribution in [0.5, 0.6) is 0 Å². The molecule has 0 rings (SSSR count). The molecule has 0 saturated carbocycles. The number of rotatable bonds is 30. The number of ether oxygens (including phenoxy) is 1. The molecule has 0 aromatic heterocycles. The van der Waals surface area contributed by atoms with Crippen molar-refractivity contribution in [1.29, 1.82) is 0 Å². The number of unbranched alkanes of at least 4 members (excludes halogenated alkanes) is 16. The van der Waals surface area contributed by atoms with Gasteiger partial charge < -0.3 is 28.4 Å². The fourth-order valence-electron chi connectivity index (χ4n) is 4.45. The largest absolute Gasteiger partial charge is 0.381 e. The van der Waals surface area contributed by atoms with Crippen molar-refractivity contribution in [2.24, 2.45) is 5.92 Å². The monoisotopic (exact) mass is 547 g/mol. The van der Waals surface area contributed by atoms with Crippen molar-refractivity contribution in [2.75, 3.05) is 47.1 Å². The van der Waals surface area contributed by atoms with Crippen LogP contribution in [-0.2, 0) is 18.6 Å². The van der Waals surface area contributed by atoms with Crippen molar-refractivity contribution >= 4 is 14.4 Å². The summed E-state index contributed by atoms with van der Waals surface area (Å²) in [5.74, 6) is 0.0829. The second kappa shape index (κ2) is 28.9. The molecular weight excluding hydrogens is 485 g/mol. The van der Waals surface area contributed by atoms with Crippen molar-refractivity contribution in [3.8, 4) is 0 Å². The summed E-state index contributed by atoms with van der Waals surface area (Å²) in [6, 6.07) is 0. The standard InChI is InChI=1S/C30H62NO5P/c1-5-6-7-8-9-10-11-12-13-14-15-16-17-18-19-21-24-34-27-30(26-29(2)32)28-36-37(33)35-25-22-20-23-31(3)4/h30,33H,5-28H2,1-4H3. The van der Waals surface area contributed by atoms with Gasteiger partial charge in [-0.3, -0.25) is 0 Å². The highest BCUT2D eigenvalue weighted by atomic mass is 31.2. The Morgan fingerprint density at radius 1 is 0.703 bits per heavy atom. The minimum atomic E-state index is -1.89. The number of carbonyl (C=O) groups is 1. The molecular formula is C30H62NO5P. The van der Waals surface area contributed by atoms with Crippen LogP contribution in [0.15, 0.2) is 0 Å². The van der Waals surface area contributed by atoms with Gasteiger partial charge in [0, 0.05) is 18.9 Å². The zero-order valence-electron chi connectivity index (χ0n) is 25.0. The third-order valence-corrected chi connectivity index (χ3v) is 7.47. The van der Waals surface area contributed by atoms with Gasteiger partial charge in [-0.05, 0) is 46.8 Å². The Balaban J connectivity index is 3.57. The molecule has 0 aromatic rings. The summed E-state index contributed by atoms with van der Waals surface area (Å²) in [5.41, 5.74) is 0. The first-order chi connectivity index (χ1) is 18.0. The van der Waals surface area contributed by atoms with Crippen LogP contribution in [0.1, 0.15) is 136 Å². The molecule has 0 radical (unpaired) electrons. The summed E-state index contributed by atoms with van der Waals surface area (Å²) >= 11 is 0. The molecule has 0 heterocycles. The summed E-state index contributed by atoms with van der Waals surface area (Å²) in [4.78, 5) is 23.7. The molecule has 222 valence electrons. The van der Waals surface area contributed by atoms with Gasteiger partial charge in [0.25, 0.3) is 0 Å². The van der Waals surface area contributed by atoms with Crippen LogP contribution in [0.2, 0.25) is 0 Å². The van der Waals surface area contributed by atoms with E-state index in [0.717, 1.165) is 32.4 Å². The van der Waals surface area contributed by atoms with Gasteiger partial charge in [0.05, 0.1) is 19.8 Å². The van der Waals surface area contributed by atoms with Crippen molar-refractivity contribution < 1.29 is 23.5 Å². The molecule has 2 atom stereocenters. The quantitative estimate of drug-likeness (QED) is 0.0719. The Labute approximate surface area is 231 Å². The highest BCUT2D eigenvalue weighted by Crippen LogP contribution is 2.34. The number of hydrogen-bond acceptors (Lipinski definition) is 6. The van der Waals surface area contributed by atoms with Crippen LogP contribution in [0.4, 0.5) is 0 Å². The molecule has 0 bridgehead atoms. The highest BCUT2D eigenvalue weighted by molar-refractivity contribution is 7.40. The molecule has 0 amide bonds. The second-order valence-electron chi connectivity index (χ2n) is 11.0. The number of carbonyl (C=O) groups excluding carboxylic acids is 1. The molecule has 0 aromatic carbocycles. The van der Waals surface area contributed by atoms with E-state index < -0.39 is 8.60 Å². The van der Waals surface area contributed by atoms with Crippen LogP contribution < -0.4 is 0 Å². The van der Waals surface area contributed by atoms with E-state index in [1.165, 1.54) is 96.3 Å². The third kappa shape index (κ3) is 30.3. The second-order valence-corrected chi connectivity index (χ2v) is 12.0. The summed E-state index contributed by atoms with van der Waals surface area (Å²) in [7, 11) is 2.19. The number of ketones is 1. The van der Waals surface area contributed by atoms with Crippen molar-refractivity contribution in [1.82, 2.24) is 4.90 Å². The molecule has 0 fully saturated rings. The van der Waals surface area contributed by atoms with Crippen molar-refractivity contribution in [3.63, 3.8) is 0 Å². The number of hydrogen-bond donors (Lipinski definition) is 1. The lowest BCUT2D eigenvalue weighted by atomic mass is 10.0. The number of nitrogens with zero attached hydrogens (tertiary/aromatic N) is 1. The predicted molar refractivity (Wildman–Crippen MR) is 158 cm³/mol. The van der Waals surface area contributed by atoms with Crippen LogP contribution in [0, 0.1) is 5.92 Å². The molecule has 37 heavy (non-hydrogen) atoms. The third-order valence-electron chi connectivity index (χ3n) is 6.69. The van der Waals surface area contributed by atoms with E-state index in [1.54, 1.807) is 6.92 Å². The van der Waals surface area contributed by atoms with Gasteiger partial charge in [-0.15, -0.1) is 0 Å². The molecule has 2 unspecified atom stereocenters. The lowest BCUT2D eigenvalue weighted by molar-refractivity contribution is -0.118. The number of Topliss-reactive ketones (excluding diaryl/α,β-unsaturated/α-hetero) is 1. The van der Waals surface area contributed by atoms with Gasteiger partial charge in [0.1, 0.15) is 5.78 Å². The maximum atomic E-state index is 11.6. The van der Waals surface area contributed by atoms with E-state index in [9.17, 15) is 9.69 Å². The average molecular weight is 548 g/mol. The fourth-order valence-corrected chi connectivity index (χ4v) is 5.15. The highest BCUT2D eigenvalue weighted by Gasteiger charge is 2.16. The van der Waals surface area contributed by atoms with Gasteiger partial charge in [0.2, 0.25) is 0 Å². The average Bonchev–Trinajstić information content (AvgIpc) is 2.85. The van der Waals surface area contributed by atoms with Crippen LogP contribution in [0.3, 0.4) is 0 Å². The molecule has 6 nitrogen and oxygen atoms in total. The van der Waals surface area contributed by atoms with Gasteiger partial charge in [-0.2, -0.15) is 0 Å². The Bertz CT molecular complexity index is 481. The Morgan fingerprint density at radius 2 is 1.19 bits per heavy atom. The van der Waals surface area contributed by atoms with Crippen LogP contribution in [-0.4, -0.2) is 62.6 Å². The maximum Gasteiger partial charge on any atom is 0.329 e. The van der Waals surface area contributed by atoms with E-state index in [4.69, 9.17) is 13.8 Å². The first-order valence-electron chi connectivity index (χ1n) is 15.4. The zero-order valence-corrected chi connectivity index (χ0v) is 25.9. The predicted octanol–water partition coefficient (Wildman–Crippen LogP) is 8.45. The molecule has 0 aliphatic rings. The molecule has 0 saturated heterocycles. The molecule has 7 heteroatoms. The SMILES string of the molecule is CCCCCCCCCCCCCCCCCCOCC(COP(O)OCCCCN(C)C)CC(C)=O. The summed E-state index contributed by atoms with van der Waals surface area (Å²) < 4.78 is 16.7. The lowest BCUT2D eigenvalue weighted by Crippen LogP contribution is -2.19. The lowest BCUT2D eigenvalue weighted by Gasteiger charge is -2.18. The summed E-state index contributed by atoms with van der Waals surface area (Å²) in [6.07, 6.45) is 24.1. The van der Waals surface area contributed by atoms with E-state index in [0.29, 0.717) is 26.2 Å². The first kappa shape index (κ1) is 36.9. The van der Waals surface area contributed by atoms with Gasteiger partial charge >= 0.3 is 8.60 Å². The van der Waals surface area contributed by atoms with Crippen molar-refractivity contribution in [2.45, 2.75) is 136 Å². The van der Waals surface area contributed by atoms with Crippen LogP contribution >= 0.6 is 8.60 Å².